The van der Waals surface area contributed by atoms with Crippen molar-refractivity contribution in [2.75, 3.05) is 0 Å². The molecule has 94 valence electrons. The highest BCUT2D eigenvalue weighted by Crippen LogP contribution is 2.19. The maximum absolute atomic E-state index is 11.8. The maximum atomic E-state index is 11.8. The third-order valence-electron chi connectivity index (χ3n) is 2.70. The topological polar surface area (TPSA) is 34.1 Å². The van der Waals surface area contributed by atoms with E-state index in [4.69, 9.17) is 0 Å². The molecule has 0 aliphatic carbocycles. The van der Waals surface area contributed by atoms with Crippen LogP contribution >= 0.6 is 11.3 Å². The molecule has 0 saturated carbocycles. The SMILES string of the molecule is CCCCCC(=O)CC(=O)c1ccc(CC)s1. The molecule has 0 spiro atoms. The lowest BCUT2D eigenvalue weighted by Gasteiger charge is -1.98. The van der Waals surface area contributed by atoms with Crippen LogP contribution in [0.1, 0.15) is 60.5 Å². The van der Waals surface area contributed by atoms with Crippen molar-refractivity contribution in [2.24, 2.45) is 0 Å². The van der Waals surface area contributed by atoms with Gasteiger partial charge in [-0.2, -0.15) is 0 Å². The Balaban J connectivity index is 2.40. The fourth-order valence-electron chi connectivity index (χ4n) is 1.64. The molecule has 0 radical (unpaired) electrons. The van der Waals surface area contributed by atoms with E-state index in [1.54, 1.807) is 0 Å². The quantitative estimate of drug-likeness (QED) is 0.397. The summed E-state index contributed by atoms with van der Waals surface area (Å²) < 4.78 is 0. The molecule has 17 heavy (non-hydrogen) atoms. The second-order valence-electron chi connectivity index (χ2n) is 4.22. The number of unbranched alkanes of at least 4 members (excludes halogenated alkanes) is 2. The van der Waals surface area contributed by atoms with Gasteiger partial charge in [0.2, 0.25) is 0 Å². The van der Waals surface area contributed by atoms with Crippen molar-refractivity contribution in [1.82, 2.24) is 0 Å². The second-order valence-corrected chi connectivity index (χ2v) is 5.38. The molecule has 1 rings (SSSR count). The summed E-state index contributed by atoms with van der Waals surface area (Å²) in [5.41, 5.74) is 0. The van der Waals surface area contributed by atoms with Gasteiger partial charge in [0.25, 0.3) is 0 Å². The molecule has 3 heteroatoms. The molecular weight excluding hydrogens is 232 g/mol. The minimum absolute atomic E-state index is 0.0174. The van der Waals surface area contributed by atoms with Crippen LogP contribution in [0.5, 0.6) is 0 Å². The first-order chi connectivity index (χ1) is 8.17. The van der Waals surface area contributed by atoms with E-state index in [-0.39, 0.29) is 18.0 Å². The molecule has 0 N–H and O–H groups in total. The van der Waals surface area contributed by atoms with Crippen molar-refractivity contribution in [1.29, 1.82) is 0 Å². The number of ketones is 2. The number of carbonyl (C=O) groups excluding carboxylic acids is 2. The fourth-order valence-corrected chi connectivity index (χ4v) is 2.53. The van der Waals surface area contributed by atoms with Gasteiger partial charge < -0.3 is 0 Å². The molecule has 0 bridgehead atoms. The van der Waals surface area contributed by atoms with E-state index in [0.717, 1.165) is 30.6 Å². The first-order valence-electron chi connectivity index (χ1n) is 6.31. The summed E-state index contributed by atoms with van der Waals surface area (Å²) in [6, 6.07) is 3.81. The number of carbonyl (C=O) groups is 2. The molecule has 1 aromatic rings. The summed E-state index contributed by atoms with van der Waals surface area (Å²) in [6.45, 7) is 4.17. The van der Waals surface area contributed by atoms with Gasteiger partial charge in [0.15, 0.2) is 5.78 Å². The average molecular weight is 252 g/mol. The highest BCUT2D eigenvalue weighted by atomic mass is 32.1. The number of Topliss-reactive ketones (excluding diaryl/α,β-unsaturated/α-hetero) is 2. The van der Waals surface area contributed by atoms with Gasteiger partial charge in [-0.15, -0.1) is 11.3 Å². The van der Waals surface area contributed by atoms with Crippen LogP contribution in [0.3, 0.4) is 0 Å². The zero-order valence-electron chi connectivity index (χ0n) is 10.6. The average Bonchev–Trinajstić information content (AvgIpc) is 2.78. The van der Waals surface area contributed by atoms with Gasteiger partial charge in [-0.1, -0.05) is 26.7 Å². The zero-order valence-corrected chi connectivity index (χ0v) is 11.4. The van der Waals surface area contributed by atoms with Crippen LogP contribution in [0.15, 0.2) is 12.1 Å². The molecule has 0 atom stereocenters. The van der Waals surface area contributed by atoms with E-state index in [1.807, 2.05) is 12.1 Å². The Labute approximate surface area is 107 Å². The Kier molecular flexibility index (Phi) is 6.12. The summed E-state index contributed by atoms with van der Waals surface area (Å²) >= 11 is 1.51. The lowest BCUT2D eigenvalue weighted by molar-refractivity contribution is -0.118. The Morgan fingerprint density at radius 3 is 2.53 bits per heavy atom. The third-order valence-corrected chi connectivity index (χ3v) is 3.97. The Morgan fingerprint density at radius 2 is 1.94 bits per heavy atom. The zero-order chi connectivity index (χ0) is 12.7. The molecule has 0 amide bonds. The summed E-state index contributed by atoms with van der Waals surface area (Å²) in [5.74, 6) is 0.0612. The summed E-state index contributed by atoms with van der Waals surface area (Å²) in [4.78, 5) is 25.3. The molecule has 1 aromatic heterocycles. The van der Waals surface area contributed by atoms with E-state index in [2.05, 4.69) is 13.8 Å². The van der Waals surface area contributed by atoms with Gasteiger partial charge in [-0.25, -0.2) is 0 Å². The van der Waals surface area contributed by atoms with Crippen LogP contribution in [-0.2, 0) is 11.2 Å². The standard InChI is InChI=1S/C14H20O2S/c1-3-5-6-7-11(15)10-13(16)14-9-8-12(4-2)17-14/h8-9H,3-7,10H2,1-2H3. The monoisotopic (exact) mass is 252 g/mol. The largest absolute Gasteiger partial charge is 0.299 e. The van der Waals surface area contributed by atoms with E-state index in [9.17, 15) is 9.59 Å². The fraction of sp³-hybridized carbons (Fsp3) is 0.571. The predicted molar refractivity (Wildman–Crippen MR) is 71.8 cm³/mol. The van der Waals surface area contributed by atoms with E-state index in [1.165, 1.54) is 16.2 Å². The first kappa shape index (κ1) is 14.1. The van der Waals surface area contributed by atoms with Crippen molar-refractivity contribution in [2.45, 2.75) is 52.4 Å². The Bertz CT molecular complexity index is 379. The number of aryl methyl sites for hydroxylation is 1. The summed E-state index contributed by atoms with van der Waals surface area (Å²) in [7, 11) is 0. The molecule has 0 aliphatic rings. The minimum atomic E-state index is -0.0174. The van der Waals surface area contributed by atoms with Gasteiger partial charge >= 0.3 is 0 Å². The Hall–Kier alpha value is -0.960. The van der Waals surface area contributed by atoms with Crippen LogP contribution < -0.4 is 0 Å². The number of rotatable bonds is 8. The number of hydrogen-bond donors (Lipinski definition) is 0. The van der Waals surface area contributed by atoms with Gasteiger partial charge in [0.05, 0.1) is 11.3 Å². The van der Waals surface area contributed by atoms with Crippen LogP contribution in [-0.4, -0.2) is 11.6 Å². The maximum Gasteiger partial charge on any atom is 0.180 e. The minimum Gasteiger partial charge on any atom is -0.299 e. The molecule has 0 aromatic carbocycles. The molecule has 2 nitrogen and oxygen atoms in total. The number of thiophene rings is 1. The lowest BCUT2D eigenvalue weighted by atomic mass is 10.1. The molecule has 0 saturated heterocycles. The van der Waals surface area contributed by atoms with Crippen molar-refractivity contribution in [3.63, 3.8) is 0 Å². The van der Waals surface area contributed by atoms with Crippen molar-refractivity contribution in [3.05, 3.63) is 21.9 Å². The van der Waals surface area contributed by atoms with Crippen LogP contribution in [0, 0.1) is 0 Å². The molecule has 0 fully saturated rings. The smallest absolute Gasteiger partial charge is 0.180 e. The molecular formula is C14H20O2S. The Morgan fingerprint density at radius 1 is 1.18 bits per heavy atom. The predicted octanol–water partition coefficient (Wildman–Crippen LogP) is 4.03. The normalized spacial score (nSPS) is 10.5. The van der Waals surface area contributed by atoms with Crippen molar-refractivity contribution >= 4 is 22.9 Å². The highest BCUT2D eigenvalue weighted by molar-refractivity contribution is 7.14. The van der Waals surface area contributed by atoms with Gasteiger partial charge in [0, 0.05) is 11.3 Å². The van der Waals surface area contributed by atoms with Crippen LogP contribution in [0.2, 0.25) is 0 Å². The van der Waals surface area contributed by atoms with E-state index >= 15 is 0 Å². The van der Waals surface area contributed by atoms with Crippen molar-refractivity contribution in [3.8, 4) is 0 Å². The summed E-state index contributed by atoms with van der Waals surface area (Å²) in [5, 5.41) is 0. The van der Waals surface area contributed by atoms with Crippen LogP contribution in [0.4, 0.5) is 0 Å². The van der Waals surface area contributed by atoms with Gasteiger partial charge in [-0.05, 0) is 25.0 Å². The highest BCUT2D eigenvalue weighted by Gasteiger charge is 2.13. The molecule has 0 unspecified atom stereocenters. The third kappa shape index (κ3) is 4.82. The van der Waals surface area contributed by atoms with Crippen LogP contribution in [0.25, 0.3) is 0 Å². The molecule has 0 aliphatic heterocycles. The molecule has 1 heterocycles. The lowest BCUT2D eigenvalue weighted by Crippen LogP contribution is -2.06. The second kappa shape index (κ2) is 7.38. The van der Waals surface area contributed by atoms with Gasteiger partial charge in [-0.3, -0.25) is 9.59 Å². The van der Waals surface area contributed by atoms with Crippen molar-refractivity contribution < 1.29 is 9.59 Å². The van der Waals surface area contributed by atoms with E-state index < -0.39 is 0 Å². The summed E-state index contributed by atoms with van der Waals surface area (Å²) in [6.07, 6.45) is 4.65. The van der Waals surface area contributed by atoms with Gasteiger partial charge in [0.1, 0.15) is 5.78 Å². The first-order valence-corrected chi connectivity index (χ1v) is 7.12. The number of hydrogen-bond acceptors (Lipinski definition) is 3. The van der Waals surface area contributed by atoms with E-state index in [0.29, 0.717) is 6.42 Å².